The van der Waals surface area contributed by atoms with Gasteiger partial charge in [0, 0.05) is 57.7 Å². The number of carboxylic acid groups (broad SMARTS) is 1. The van der Waals surface area contributed by atoms with Gasteiger partial charge in [0.15, 0.2) is 0 Å². The van der Waals surface area contributed by atoms with Gasteiger partial charge >= 0.3 is 30.0 Å². The van der Waals surface area contributed by atoms with Crippen LogP contribution in [0.2, 0.25) is 0 Å². The van der Waals surface area contributed by atoms with Crippen LogP contribution in [0.5, 0.6) is 0 Å². The van der Waals surface area contributed by atoms with E-state index in [1.807, 2.05) is 208 Å². The van der Waals surface area contributed by atoms with Crippen LogP contribution in [0.3, 0.4) is 0 Å². The quantitative estimate of drug-likeness (QED) is 0.0339. The number of esters is 3. The van der Waals surface area contributed by atoms with Gasteiger partial charge in [-0.2, -0.15) is 0 Å². The second-order valence-corrected chi connectivity index (χ2v) is 49.7. The standard InChI is InChI=1S/C60H57N3O12S24/c1-76-42-45(91-54(88-42)57-94-48-49(95-57)83-19-18-82-48)79-15-12-72-36(64)24-33(39(67)62-35(41(69)70)26-38(66)74-14-17-81-47-44(78-3)90-56(93-47)59-98-52-53(99-59)87-23-22-86-52)61-40(68)34(63-60(71)75-27-32-30-10-6-4-8-28(30)29-9-5-7-11-31(29)32)25-37(65)73-13-16-80-46-43(77-2)89-55(92-46)58-96-50-51(97-58)85-21-20-84-50/h4-11,32-35H,12-27H2,1-3H3,(H,61,68)(H,62,67)(H,63,71)(H,69,70)/t33-,34-,35-/m0/s1. The van der Waals surface area contributed by atoms with Crippen molar-refractivity contribution < 1.29 is 57.6 Å². The highest BCUT2D eigenvalue weighted by atomic mass is 32.3. The molecule has 0 unspecified atom stereocenters. The van der Waals surface area contributed by atoms with Crippen molar-refractivity contribution in [2.45, 2.75) is 43.3 Å². The second-order valence-electron chi connectivity index (χ2n) is 20.4. The molecule has 0 spiro atoms. The fourth-order valence-corrected chi connectivity index (χ4v) is 44.3. The first kappa shape index (κ1) is 79.1. The lowest BCUT2D eigenvalue weighted by Crippen LogP contribution is -2.57. The Balaban J connectivity index is 0.700. The molecular weight excluding hydrogens is 1720 g/mol. The fraction of sp³-hybridized carbons (Fsp3) is 0.383. The minimum atomic E-state index is -1.86. The molecule has 0 fully saturated rings. The molecule has 0 bridgehead atoms. The summed E-state index contributed by atoms with van der Waals surface area (Å²) in [6.45, 7) is -0.304. The van der Waals surface area contributed by atoms with E-state index in [9.17, 15) is 38.7 Å². The Kier molecular flexibility index (Phi) is 31.4. The van der Waals surface area contributed by atoms with Gasteiger partial charge in [0.2, 0.25) is 11.8 Å². The summed E-state index contributed by atoms with van der Waals surface area (Å²) in [5.74, 6) is 0.848. The predicted molar refractivity (Wildman–Crippen MR) is 457 cm³/mol. The first-order valence-electron chi connectivity index (χ1n) is 29.7. The predicted octanol–water partition coefficient (Wildman–Crippen LogP) is 19.5. The van der Waals surface area contributed by atoms with E-state index in [-0.39, 0.29) is 32.3 Å². The summed E-state index contributed by atoms with van der Waals surface area (Å²) in [5, 5.41) is 17.9. The lowest BCUT2D eigenvalue weighted by Gasteiger charge is -2.24. The molecule has 3 amide bonds. The third kappa shape index (κ3) is 21.3. The zero-order chi connectivity index (χ0) is 68.9. The number of hydrogen-bond donors (Lipinski definition) is 4. The molecule has 3 atom stereocenters. The Morgan fingerprint density at radius 1 is 0.404 bits per heavy atom. The number of thioether (sulfide) groups is 24. The molecule has 9 heterocycles. The molecule has 15 nitrogen and oxygen atoms in total. The number of hydrogen-bond acceptors (Lipinski definition) is 35. The number of carboxylic acids is 1. The molecular formula is C60H57N3O12S24. The van der Waals surface area contributed by atoms with Crippen LogP contribution in [-0.4, -0.2) is 162 Å². The van der Waals surface area contributed by atoms with Gasteiger partial charge < -0.3 is 40.0 Å². The SMILES string of the molecule is CSC1=C(SCCOC(=O)C[C@H](NC(=O)[C@H](CC(=O)OCCSC2=C(SC)SC(=C3SC4=C(SCCS4)S3)S2)NC(=O)[C@H](CC(=O)OCCSC2=C(SC)SC(=C3SC4=C(SCCS4)S3)S2)NC(=O)OCC2c3ccccc3-c3ccccc32)C(=O)O)SC(=C2SC3=C(SCCS3)S2)S1. The summed E-state index contributed by atoms with van der Waals surface area (Å²) < 4.78 is 45.2. The Labute approximate surface area is 676 Å². The molecule has 99 heavy (non-hydrogen) atoms. The van der Waals surface area contributed by atoms with E-state index in [0.717, 1.165) is 82.2 Å². The molecule has 0 aromatic heterocycles. The van der Waals surface area contributed by atoms with Crippen LogP contribution < -0.4 is 16.0 Å². The second kappa shape index (κ2) is 39.3. The normalized spacial score (nSPS) is 19.9. The van der Waals surface area contributed by atoms with E-state index >= 15 is 0 Å². The van der Waals surface area contributed by atoms with Crippen LogP contribution in [0.4, 0.5) is 4.79 Å². The summed E-state index contributed by atoms with van der Waals surface area (Å²) in [6, 6.07) is 10.2. The molecule has 528 valence electrons. The van der Waals surface area contributed by atoms with Gasteiger partial charge in [-0.3, -0.25) is 24.0 Å². The van der Waals surface area contributed by atoms with Crippen LogP contribution in [-0.2, 0) is 47.7 Å². The van der Waals surface area contributed by atoms with Crippen molar-refractivity contribution in [3.8, 4) is 11.1 Å². The summed E-state index contributed by atoms with van der Waals surface area (Å²) in [6.07, 6.45) is 2.72. The van der Waals surface area contributed by atoms with Gasteiger partial charge in [0.1, 0.15) is 44.6 Å². The molecule has 1 aliphatic carbocycles. The molecule has 0 saturated heterocycles. The van der Waals surface area contributed by atoms with Crippen LogP contribution in [0, 0.1) is 0 Å². The van der Waals surface area contributed by atoms with Crippen molar-refractivity contribution >= 4 is 324 Å². The van der Waals surface area contributed by atoms with E-state index in [2.05, 4.69) is 16.0 Å². The van der Waals surface area contributed by atoms with Gasteiger partial charge in [0.05, 0.1) is 95.5 Å². The molecule has 9 aliphatic heterocycles. The van der Waals surface area contributed by atoms with Crippen LogP contribution in [0.1, 0.15) is 36.3 Å². The van der Waals surface area contributed by atoms with Crippen LogP contribution in [0.15, 0.2) is 125 Å². The number of aliphatic carboxylic acids is 1. The molecule has 2 aromatic rings. The summed E-state index contributed by atoms with van der Waals surface area (Å²) in [7, 11) is 0. The third-order valence-electron chi connectivity index (χ3n) is 14.0. The highest BCUT2D eigenvalue weighted by Crippen LogP contribution is 2.70. The topological polar surface area (TPSA) is 213 Å². The average Bonchev–Trinajstić information content (AvgIpc) is 1.63. The molecule has 10 aliphatic rings. The van der Waals surface area contributed by atoms with E-state index in [4.69, 9.17) is 18.9 Å². The first-order valence-corrected chi connectivity index (χ1v) is 52.0. The first-order chi connectivity index (χ1) is 48.2. The van der Waals surface area contributed by atoms with E-state index < -0.39 is 79.2 Å². The maximum atomic E-state index is 14.8. The lowest BCUT2D eigenvalue weighted by atomic mass is 9.98. The number of amides is 3. The van der Waals surface area contributed by atoms with Gasteiger partial charge in [-0.05, 0) is 41.0 Å². The average molecular weight is 1780 g/mol. The minimum absolute atomic E-state index is 0.0436. The smallest absolute Gasteiger partial charge is 0.407 e. The van der Waals surface area contributed by atoms with Crippen molar-refractivity contribution in [2.24, 2.45) is 0 Å². The van der Waals surface area contributed by atoms with Gasteiger partial charge in [-0.25, -0.2) is 9.59 Å². The number of rotatable bonds is 29. The number of fused-ring (bicyclic) bond motifs is 3. The molecule has 4 N–H and O–H groups in total. The van der Waals surface area contributed by atoms with Gasteiger partial charge in [-0.1, -0.05) is 190 Å². The van der Waals surface area contributed by atoms with Crippen molar-refractivity contribution in [1.82, 2.24) is 16.0 Å². The third-order valence-corrected chi connectivity index (χ3v) is 48.9. The number of carbonyl (C=O) groups excluding carboxylic acids is 6. The highest BCUT2D eigenvalue weighted by Gasteiger charge is 2.39. The zero-order valence-corrected chi connectivity index (χ0v) is 71.6. The number of ether oxygens (including phenoxy) is 4. The Morgan fingerprint density at radius 3 is 1.05 bits per heavy atom. The Bertz CT molecular complexity index is 3770. The maximum Gasteiger partial charge on any atom is 0.407 e. The summed E-state index contributed by atoms with van der Waals surface area (Å²) >= 11 is 42.2. The summed E-state index contributed by atoms with van der Waals surface area (Å²) in [4.78, 5) is 97.6. The van der Waals surface area contributed by atoms with Crippen LogP contribution in [0.25, 0.3) is 11.1 Å². The van der Waals surface area contributed by atoms with Crippen molar-refractivity contribution in [1.29, 1.82) is 0 Å². The fourth-order valence-electron chi connectivity index (χ4n) is 9.60. The van der Waals surface area contributed by atoms with Crippen LogP contribution >= 0.6 is 282 Å². The molecule has 39 heteroatoms. The van der Waals surface area contributed by atoms with E-state index in [1.165, 1.54) is 62.6 Å². The lowest BCUT2D eigenvalue weighted by molar-refractivity contribution is -0.151. The van der Waals surface area contributed by atoms with Gasteiger partial charge in [0.25, 0.3) is 0 Å². The molecule has 0 radical (unpaired) electrons. The van der Waals surface area contributed by atoms with Gasteiger partial charge in [-0.15, -0.1) is 141 Å². The van der Waals surface area contributed by atoms with E-state index in [0.29, 0.717) is 17.3 Å². The maximum absolute atomic E-state index is 14.8. The number of benzene rings is 2. The van der Waals surface area contributed by atoms with Crippen molar-refractivity contribution in [3.05, 3.63) is 136 Å². The number of nitrogens with one attached hydrogen (secondary N) is 3. The monoisotopic (exact) mass is 1780 g/mol. The zero-order valence-electron chi connectivity index (χ0n) is 52.0. The number of alkyl carbamates (subject to hydrolysis) is 1. The van der Waals surface area contributed by atoms with Crippen molar-refractivity contribution in [2.75, 3.05) is 97.0 Å². The molecule has 2 aromatic carbocycles. The minimum Gasteiger partial charge on any atom is -0.480 e. The van der Waals surface area contributed by atoms with Crippen molar-refractivity contribution in [3.63, 3.8) is 0 Å². The highest BCUT2D eigenvalue weighted by molar-refractivity contribution is 8.48. The number of carbonyl (C=O) groups is 7. The molecule has 12 rings (SSSR count). The largest absolute Gasteiger partial charge is 0.480 e. The summed E-state index contributed by atoms with van der Waals surface area (Å²) in [5.41, 5.74) is 3.88. The molecule has 0 saturated carbocycles. The van der Waals surface area contributed by atoms with E-state index in [1.54, 1.807) is 129 Å². The Hall–Kier alpha value is 0.590. The Morgan fingerprint density at radius 2 is 0.707 bits per heavy atom.